The summed E-state index contributed by atoms with van der Waals surface area (Å²) in [5.74, 6) is 1.99. The number of benzene rings is 2. The van der Waals surface area contributed by atoms with Gasteiger partial charge >= 0.3 is 5.97 Å². The molecule has 0 N–H and O–H groups in total. The minimum atomic E-state index is -0.243. The van der Waals surface area contributed by atoms with Crippen molar-refractivity contribution in [3.8, 4) is 17.2 Å². The Kier molecular flexibility index (Phi) is 4.81. The monoisotopic (exact) mass is 431 g/mol. The van der Waals surface area contributed by atoms with E-state index < -0.39 is 0 Å². The van der Waals surface area contributed by atoms with Crippen LogP contribution in [-0.4, -0.2) is 23.4 Å². The fourth-order valence-electron chi connectivity index (χ4n) is 4.75. The summed E-state index contributed by atoms with van der Waals surface area (Å²) in [5, 5.41) is 0.973. The summed E-state index contributed by atoms with van der Waals surface area (Å²) in [6.45, 7) is 4.24. The molecule has 0 fully saturated rings. The highest BCUT2D eigenvalue weighted by molar-refractivity contribution is 6.15. The Labute approximate surface area is 186 Å². The molecule has 32 heavy (non-hydrogen) atoms. The summed E-state index contributed by atoms with van der Waals surface area (Å²) < 4.78 is 19.0. The predicted molar refractivity (Wildman–Crippen MR) is 121 cm³/mol. The number of Topliss-reactive ketones (excluding diaryl/α,β-unsaturated/α-hetero) is 1. The van der Waals surface area contributed by atoms with Crippen molar-refractivity contribution in [1.82, 2.24) is 4.57 Å². The lowest BCUT2D eigenvalue weighted by Gasteiger charge is -2.27. The Bertz CT molecular complexity index is 1300. The molecule has 5 rings (SSSR count). The molecule has 2 aliphatic rings. The van der Waals surface area contributed by atoms with Crippen molar-refractivity contribution < 1.29 is 23.8 Å². The average molecular weight is 431 g/mol. The van der Waals surface area contributed by atoms with Gasteiger partial charge in [-0.2, -0.15) is 0 Å². The first-order valence-corrected chi connectivity index (χ1v) is 10.8. The standard InChI is InChI=1S/C26H25NO5/c1-14(2)9-15-11-23(28)31-21-8-6-18-25(29)22(32-26(18)24(15)21)10-16-13-27(3)20-7-5-17(30-4)12-19(16)20/h5-8,10,12-15H,9,11H2,1-4H3/b22-10-/t15-/m1/s1. The van der Waals surface area contributed by atoms with Gasteiger partial charge in [0.05, 0.1) is 19.1 Å². The Balaban J connectivity index is 1.59. The number of carbonyl (C=O) groups excluding carboxylic acids is 2. The summed E-state index contributed by atoms with van der Waals surface area (Å²) in [4.78, 5) is 25.3. The summed E-state index contributed by atoms with van der Waals surface area (Å²) in [6.07, 6.45) is 4.86. The summed E-state index contributed by atoms with van der Waals surface area (Å²) in [7, 11) is 3.59. The van der Waals surface area contributed by atoms with E-state index in [9.17, 15) is 9.59 Å². The molecule has 164 valence electrons. The van der Waals surface area contributed by atoms with Crippen molar-refractivity contribution in [2.45, 2.75) is 32.6 Å². The molecule has 0 amide bonds. The van der Waals surface area contributed by atoms with Crippen LogP contribution in [0.15, 0.2) is 42.3 Å². The third kappa shape index (κ3) is 3.27. The maximum Gasteiger partial charge on any atom is 0.311 e. The van der Waals surface area contributed by atoms with Gasteiger partial charge in [0.15, 0.2) is 5.76 Å². The molecule has 2 aromatic carbocycles. The van der Waals surface area contributed by atoms with E-state index in [0.717, 1.165) is 34.2 Å². The molecule has 0 radical (unpaired) electrons. The van der Waals surface area contributed by atoms with Crippen LogP contribution in [0.2, 0.25) is 0 Å². The molecular formula is C26H25NO5. The van der Waals surface area contributed by atoms with E-state index in [0.29, 0.717) is 29.4 Å². The quantitative estimate of drug-likeness (QED) is 0.321. The van der Waals surface area contributed by atoms with E-state index in [1.807, 2.05) is 36.0 Å². The SMILES string of the molecule is COc1ccc2c(c1)c(/C=C1\Oc3c(ccc4c3[C@H](CC(C)C)CC(=O)O4)C1=O)cn2C. The number of esters is 1. The number of allylic oxidation sites excluding steroid dienone is 1. The molecule has 0 spiro atoms. The third-order valence-corrected chi connectivity index (χ3v) is 6.15. The second-order valence-corrected chi connectivity index (χ2v) is 8.88. The molecule has 0 aliphatic carbocycles. The number of rotatable bonds is 4. The van der Waals surface area contributed by atoms with Crippen LogP contribution in [0.3, 0.4) is 0 Å². The Morgan fingerprint density at radius 3 is 2.75 bits per heavy atom. The first kappa shape index (κ1) is 20.4. The minimum Gasteiger partial charge on any atom is -0.497 e. The molecule has 0 bridgehead atoms. The van der Waals surface area contributed by atoms with Gasteiger partial charge in [-0.05, 0) is 48.7 Å². The smallest absolute Gasteiger partial charge is 0.311 e. The van der Waals surface area contributed by atoms with Gasteiger partial charge < -0.3 is 18.8 Å². The zero-order valence-electron chi connectivity index (χ0n) is 18.6. The van der Waals surface area contributed by atoms with Gasteiger partial charge in [0.1, 0.15) is 17.2 Å². The predicted octanol–water partition coefficient (Wildman–Crippen LogP) is 5.24. The largest absolute Gasteiger partial charge is 0.497 e. The van der Waals surface area contributed by atoms with Crippen molar-refractivity contribution in [2.24, 2.45) is 13.0 Å². The zero-order valence-corrected chi connectivity index (χ0v) is 18.6. The van der Waals surface area contributed by atoms with Gasteiger partial charge in [-0.1, -0.05) is 13.8 Å². The molecule has 3 heterocycles. The van der Waals surface area contributed by atoms with Crippen LogP contribution >= 0.6 is 0 Å². The van der Waals surface area contributed by atoms with Crippen molar-refractivity contribution in [3.05, 3.63) is 59.0 Å². The molecular weight excluding hydrogens is 406 g/mol. The number of ketones is 1. The molecule has 0 unspecified atom stereocenters. The van der Waals surface area contributed by atoms with E-state index in [1.165, 1.54) is 0 Å². The number of carbonyl (C=O) groups is 2. The van der Waals surface area contributed by atoms with Crippen LogP contribution in [0.4, 0.5) is 0 Å². The maximum atomic E-state index is 13.2. The molecule has 2 aliphatic heterocycles. The van der Waals surface area contributed by atoms with Crippen LogP contribution in [0, 0.1) is 5.92 Å². The first-order valence-electron chi connectivity index (χ1n) is 10.8. The molecule has 1 aromatic heterocycles. The van der Waals surface area contributed by atoms with Gasteiger partial charge in [0.25, 0.3) is 0 Å². The lowest BCUT2D eigenvalue weighted by atomic mass is 9.84. The number of fused-ring (bicyclic) bond motifs is 4. The van der Waals surface area contributed by atoms with Crippen LogP contribution < -0.4 is 14.2 Å². The number of hydrogen-bond donors (Lipinski definition) is 0. The van der Waals surface area contributed by atoms with Gasteiger partial charge in [-0.15, -0.1) is 0 Å². The molecule has 1 atom stereocenters. The van der Waals surface area contributed by atoms with Gasteiger partial charge in [0, 0.05) is 41.2 Å². The van der Waals surface area contributed by atoms with E-state index in [2.05, 4.69) is 13.8 Å². The molecule has 0 saturated carbocycles. The molecule has 3 aromatic rings. The van der Waals surface area contributed by atoms with E-state index in [1.54, 1.807) is 25.3 Å². The van der Waals surface area contributed by atoms with Gasteiger partial charge in [-0.3, -0.25) is 9.59 Å². The number of aromatic nitrogens is 1. The molecule has 0 saturated heterocycles. The number of nitrogens with zero attached hydrogens (tertiary/aromatic N) is 1. The first-order chi connectivity index (χ1) is 15.4. The van der Waals surface area contributed by atoms with Crippen molar-refractivity contribution >= 4 is 28.7 Å². The van der Waals surface area contributed by atoms with E-state index >= 15 is 0 Å². The number of ether oxygens (including phenoxy) is 3. The normalized spacial score (nSPS) is 18.7. The summed E-state index contributed by atoms with van der Waals surface area (Å²) in [5.41, 5.74) is 3.24. The highest BCUT2D eigenvalue weighted by Gasteiger charge is 2.38. The number of aryl methyl sites for hydroxylation is 1. The number of methoxy groups -OCH3 is 1. The Morgan fingerprint density at radius 2 is 2.00 bits per heavy atom. The maximum absolute atomic E-state index is 13.2. The fourth-order valence-corrected chi connectivity index (χ4v) is 4.75. The second-order valence-electron chi connectivity index (χ2n) is 8.88. The average Bonchev–Trinajstić information content (AvgIpc) is 3.23. The van der Waals surface area contributed by atoms with Crippen molar-refractivity contribution in [2.75, 3.05) is 7.11 Å². The van der Waals surface area contributed by atoms with Crippen LogP contribution in [0.5, 0.6) is 17.2 Å². The Hall–Kier alpha value is -3.54. The Morgan fingerprint density at radius 1 is 1.19 bits per heavy atom. The van der Waals surface area contributed by atoms with Crippen molar-refractivity contribution in [1.29, 1.82) is 0 Å². The lowest BCUT2D eigenvalue weighted by molar-refractivity contribution is -0.136. The van der Waals surface area contributed by atoms with Crippen LogP contribution in [0.1, 0.15) is 54.1 Å². The second kappa shape index (κ2) is 7.55. The topological polar surface area (TPSA) is 66.8 Å². The minimum absolute atomic E-state index is 0.0323. The summed E-state index contributed by atoms with van der Waals surface area (Å²) >= 11 is 0. The summed E-state index contributed by atoms with van der Waals surface area (Å²) in [6, 6.07) is 9.26. The highest BCUT2D eigenvalue weighted by Crippen LogP contribution is 2.48. The lowest BCUT2D eigenvalue weighted by Crippen LogP contribution is -2.21. The van der Waals surface area contributed by atoms with Crippen LogP contribution in [0.25, 0.3) is 17.0 Å². The zero-order chi connectivity index (χ0) is 22.6. The van der Waals surface area contributed by atoms with Crippen molar-refractivity contribution in [3.63, 3.8) is 0 Å². The highest BCUT2D eigenvalue weighted by atomic mass is 16.5. The number of hydrogen-bond acceptors (Lipinski definition) is 5. The fraction of sp³-hybridized carbons (Fsp3) is 0.308. The van der Waals surface area contributed by atoms with E-state index in [-0.39, 0.29) is 23.4 Å². The van der Waals surface area contributed by atoms with Gasteiger partial charge in [0.2, 0.25) is 5.78 Å². The third-order valence-electron chi connectivity index (χ3n) is 6.15. The molecule has 6 nitrogen and oxygen atoms in total. The van der Waals surface area contributed by atoms with E-state index in [4.69, 9.17) is 14.2 Å². The molecule has 6 heteroatoms. The van der Waals surface area contributed by atoms with Crippen LogP contribution in [-0.2, 0) is 11.8 Å². The van der Waals surface area contributed by atoms with Gasteiger partial charge in [-0.25, -0.2) is 0 Å².